The van der Waals surface area contributed by atoms with E-state index >= 15 is 4.39 Å². The molecule has 0 fully saturated rings. The van der Waals surface area contributed by atoms with E-state index in [4.69, 9.17) is 9.47 Å². The number of esters is 1. The van der Waals surface area contributed by atoms with Crippen LogP contribution in [-0.4, -0.2) is 37.6 Å². The minimum atomic E-state index is -5.22. The Morgan fingerprint density at radius 2 is 1.40 bits per heavy atom. The monoisotopic (exact) mass is 787 g/mol. The van der Waals surface area contributed by atoms with Crippen LogP contribution in [0.25, 0.3) is 0 Å². The van der Waals surface area contributed by atoms with Gasteiger partial charge < -0.3 is 19.5 Å². The number of nitrogens with one attached hydrogen (secondary N) is 1. The molecule has 0 bridgehead atoms. The van der Waals surface area contributed by atoms with Crippen LogP contribution < -0.4 is 14.8 Å². The van der Waals surface area contributed by atoms with Crippen LogP contribution in [0.1, 0.15) is 71.6 Å². The predicted molar refractivity (Wildman–Crippen MR) is 179 cm³/mol. The molecule has 4 aromatic rings. The minimum Gasteiger partial charge on any atom is -0.494 e. The maximum Gasteiger partial charge on any atom is 0.461 e. The average molecular weight is 788 g/mol. The van der Waals surface area contributed by atoms with Crippen molar-refractivity contribution in [2.75, 3.05) is 13.2 Å². The largest absolute Gasteiger partial charge is 0.494 e. The fourth-order valence-electron chi connectivity index (χ4n) is 5.67. The molecule has 1 atom stereocenters. The highest BCUT2D eigenvalue weighted by molar-refractivity contribution is 5.95. The summed E-state index contributed by atoms with van der Waals surface area (Å²) in [5.41, 5.74) is -4.81. The smallest absolute Gasteiger partial charge is 0.461 e. The van der Waals surface area contributed by atoms with E-state index in [1.54, 1.807) is 6.92 Å². The Balaban J connectivity index is 1.72. The molecule has 0 spiro atoms. The van der Waals surface area contributed by atoms with Crippen LogP contribution in [-0.2, 0) is 27.7 Å². The Kier molecular flexibility index (Phi) is 14.2. The number of benzene rings is 4. The molecule has 6 nitrogen and oxygen atoms in total. The van der Waals surface area contributed by atoms with E-state index in [-0.39, 0.29) is 17.6 Å². The highest BCUT2D eigenvalue weighted by atomic mass is 19.4. The quantitative estimate of drug-likeness (QED) is 0.0618. The molecule has 1 N–H and O–H groups in total. The number of unbranched alkanes of at least 4 members (excludes halogenated alkanes) is 3. The molecular weight excluding hydrogens is 752 g/mol. The van der Waals surface area contributed by atoms with Gasteiger partial charge in [-0.25, -0.2) is 13.2 Å². The zero-order valence-corrected chi connectivity index (χ0v) is 29.1. The van der Waals surface area contributed by atoms with Crippen LogP contribution in [0.5, 0.6) is 11.5 Å². The lowest BCUT2D eigenvalue weighted by molar-refractivity contribution is -0.253. The third-order valence-electron chi connectivity index (χ3n) is 8.31. The van der Waals surface area contributed by atoms with Gasteiger partial charge in [-0.05, 0) is 91.1 Å². The highest BCUT2D eigenvalue weighted by Crippen LogP contribution is 2.39. The molecule has 0 aromatic heterocycles. The molecule has 0 radical (unpaired) electrons. The fraction of sp³-hybridized carbons (Fsp3) is 0.333. The Labute approximate surface area is 309 Å². The standard InChI is InChI=1S/C39H35F10NO5/c1-2-53-34(51)7-5-3-4-6-18-54-30-15-8-24(9-16-30)23-37(26-11-13-28(40)14-12-26,27-20-29(41)22-31(21-27)55-39(48,49)36(43)44)50-35(52)25-10-17-33(42)32(19-25)38(45,46)47/h8-17,19-22,36H,2-7,18,23H2,1H3,(H,50,52)/t37-/m1/s1. The van der Waals surface area contributed by atoms with Gasteiger partial charge in [0.2, 0.25) is 0 Å². The van der Waals surface area contributed by atoms with Gasteiger partial charge in [-0.2, -0.15) is 30.7 Å². The summed E-state index contributed by atoms with van der Waals surface area (Å²) in [6, 6.07) is 13.4. The molecular formula is C39H35F10NO5. The fourth-order valence-corrected chi connectivity index (χ4v) is 5.67. The zero-order chi connectivity index (χ0) is 40.4. The Morgan fingerprint density at radius 1 is 0.727 bits per heavy atom. The molecule has 0 aliphatic rings. The maximum atomic E-state index is 15.2. The first-order valence-electron chi connectivity index (χ1n) is 16.9. The van der Waals surface area contributed by atoms with Gasteiger partial charge in [-0.1, -0.05) is 37.1 Å². The van der Waals surface area contributed by atoms with E-state index in [0.29, 0.717) is 55.9 Å². The average Bonchev–Trinajstić information content (AvgIpc) is 3.11. The zero-order valence-electron chi connectivity index (χ0n) is 29.1. The summed E-state index contributed by atoms with van der Waals surface area (Å²) in [4.78, 5) is 25.3. The SMILES string of the molecule is CCOC(=O)CCCCCCOc1ccc(C[C@@](NC(=O)c2ccc(F)c(C(F)(F)F)c2)(c2ccc(F)cc2)c2cc(F)cc(OC(F)(F)C(F)F)c2)cc1. The van der Waals surface area contributed by atoms with Gasteiger partial charge in [-0.15, -0.1) is 0 Å². The number of rotatable bonds is 18. The van der Waals surface area contributed by atoms with Crippen LogP contribution >= 0.6 is 0 Å². The number of halogens is 10. The van der Waals surface area contributed by atoms with Gasteiger partial charge in [0.05, 0.1) is 24.3 Å². The van der Waals surface area contributed by atoms with E-state index in [9.17, 15) is 49.1 Å². The second-order valence-electron chi connectivity index (χ2n) is 12.3. The van der Waals surface area contributed by atoms with Gasteiger partial charge in [-0.3, -0.25) is 9.59 Å². The van der Waals surface area contributed by atoms with E-state index in [1.807, 2.05) is 0 Å². The maximum absolute atomic E-state index is 15.2. The van der Waals surface area contributed by atoms with Crippen LogP contribution in [0.4, 0.5) is 43.9 Å². The van der Waals surface area contributed by atoms with Crippen LogP contribution in [0, 0.1) is 17.5 Å². The molecule has 55 heavy (non-hydrogen) atoms. The van der Waals surface area contributed by atoms with Gasteiger partial charge in [0, 0.05) is 24.5 Å². The number of carbonyl (C=O) groups excluding carboxylic acids is 2. The first-order chi connectivity index (χ1) is 25.9. The summed E-state index contributed by atoms with van der Waals surface area (Å²) in [6.45, 7) is 2.33. The number of hydrogen-bond acceptors (Lipinski definition) is 5. The summed E-state index contributed by atoms with van der Waals surface area (Å²) in [7, 11) is 0. The number of ether oxygens (including phenoxy) is 3. The highest BCUT2D eigenvalue weighted by Gasteiger charge is 2.45. The van der Waals surface area contributed by atoms with Crippen molar-refractivity contribution < 1.29 is 67.7 Å². The van der Waals surface area contributed by atoms with Crippen molar-refractivity contribution >= 4 is 11.9 Å². The van der Waals surface area contributed by atoms with Crippen molar-refractivity contribution in [2.45, 2.75) is 69.7 Å². The van der Waals surface area contributed by atoms with Gasteiger partial charge in [0.15, 0.2) is 0 Å². The van der Waals surface area contributed by atoms with E-state index < -0.39 is 76.5 Å². The molecule has 4 aromatic carbocycles. The molecule has 296 valence electrons. The van der Waals surface area contributed by atoms with Gasteiger partial charge >= 0.3 is 24.7 Å². The number of carbonyl (C=O) groups is 2. The van der Waals surface area contributed by atoms with Crippen molar-refractivity contribution in [1.29, 1.82) is 0 Å². The first-order valence-corrected chi connectivity index (χ1v) is 16.9. The minimum absolute atomic E-state index is 0.0548. The molecule has 0 aliphatic carbocycles. The summed E-state index contributed by atoms with van der Waals surface area (Å²) < 4.78 is 153. The molecule has 0 saturated carbocycles. The topological polar surface area (TPSA) is 73.9 Å². The Hall–Kier alpha value is -5.28. The van der Waals surface area contributed by atoms with E-state index in [1.165, 1.54) is 24.3 Å². The second kappa shape index (κ2) is 18.4. The summed E-state index contributed by atoms with van der Waals surface area (Å²) >= 11 is 0. The molecule has 0 aliphatic heterocycles. The summed E-state index contributed by atoms with van der Waals surface area (Å²) in [5.74, 6) is -6.03. The van der Waals surface area contributed by atoms with Crippen molar-refractivity contribution in [3.63, 3.8) is 0 Å². The molecule has 0 saturated heterocycles. The molecule has 0 unspecified atom stereocenters. The van der Waals surface area contributed by atoms with Crippen LogP contribution in [0.3, 0.4) is 0 Å². The lowest BCUT2D eigenvalue weighted by Crippen LogP contribution is -2.49. The first kappa shape index (κ1) is 42.5. The summed E-state index contributed by atoms with van der Waals surface area (Å²) in [6.07, 6.45) is -11.9. The van der Waals surface area contributed by atoms with Crippen molar-refractivity contribution in [2.24, 2.45) is 0 Å². The third-order valence-corrected chi connectivity index (χ3v) is 8.31. The second-order valence-corrected chi connectivity index (χ2v) is 12.3. The number of amides is 1. The molecule has 16 heteroatoms. The number of hydrogen-bond donors (Lipinski definition) is 1. The lowest BCUT2D eigenvalue weighted by atomic mass is 9.77. The van der Waals surface area contributed by atoms with Gasteiger partial charge in [0.1, 0.15) is 29.0 Å². The third kappa shape index (κ3) is 11.6. The van der Waals surface area contributed by atoms with Crippen LogP contribution in [0.15, 0.2) is 84.9 Å². The molecule has 4 rings (SSSR count). The molecule has 1 amide bonds. The lowest BCUT2D eigenvalue weighted by Gasteiger charge is -2.37. The Bertz CT molecular complexity index is 1900. The number of alkyl halides is 7. The van der Waals surface area contributed by atoms with Crippen molar-refractivity contribution in [3.8, 4) is 11.5 Å². The van der Waals surface area contributed by atoms with E-state index in [2.05, 4.69) is 10.1 Å². The van der Waals surface area contributed by atoms with Crippen LogP contribution in [0.2, 0.25) is 0 Å². The van der Waals surface area contributed by atoms with Gasteiger partial charge in [0.25, 0.3) is 5.91 Å². The Morgan fingerprint density at radius 3 is 2.04 bits per heavy atom. The normalized spacial score (nSPS) is 12.9. The van der Waals surface area contributed by atoms with Crippen molar-refractivity contribution in [3.05, 3.63) is 130 Å². The molecule has 0 heterocycles. The summed E-state index contributed by atoms with van der Waals surface area (Å²) in [5, 5.41) is 2.50. The van der Waals surface area contributed by atoms with E-state index in [0.717, 1.165) is 55.3 Å². The van der Waals surface area contributed by atoms with Crippen molar-refractivity contribution in [1.82, 2.24) is 5.32 Å². The predicted octanol–water partition coefficient (Wildman–Crippen LogP) is 10.2.